The molecule has 1 atom stereocenters. The molecule has 2 aromatic heterocycles. The van der Waals surface area contributed by atoms with Gasteiger partial charge in [-0.1, -0.05) is 11.6 Å². The monoisotopic (exact) mass is 476 g/mol. The van der Waals surface area contributed by atoms with E-state index in [-0.39, 0.29) is 17.9 Å². The fraction of sp³-hybridized carbons (Fsp3) is 0.154. The number of nitrogens with one attached hydrogen (secondary N) is 1. The minimum Gasteiger partial charge on any atom is -0.507 e. The molecule has 0 bridgehead atoms. The normalized spacial score (nSPS) is 17.6. The summed E-state index contributed by atoms with van der Waals surface area (Å²) in [5.41, 5.74) is 2.31. The average Bonchev–Trinajstić information content (AvgIpc) is 3.57. The molecular formula is C26H21ClN2O5. The Balaban J connectivity index is 1.52. The maximum absolute atomic E-state index is 13.1. The van der Waals surface area contributed by atoms with Crippen molar-refractivity contribution in [3.05, 3.63) is 94.5 Å². The Morgan fingerprint density at radius 2 is 1.97 bits per heavy atom. The number of amides is 1. The number of rotatable bonds is 6. The third-order valence-corrected chi connectivity index (χ3v) is 6.32. The number of halogens is 1. The molecule has 5 rings (SSSR count). The van der Waals surface area contributed by atoms with Gasteiger partial charge in [0.15, 0.2) is 0 Å². The number of fused-ring (bicyclic) bond motifs is 1. The summed E-state index contributed by atoms with van der Waals surface area (Å²) in [4.78, 5) is 30.8. The lowest BCUT2D eigenvalue weighted by Crippen LogP contribution is -2.31. The molecule has 7 nitrogen and oxygen atoms in total. The van der Waals surface area contributed by atoms with E-state index in [9.17, 15) is 14.7 Å². The van der Waals surface area contributed by atoms with Crippen molar-refractivity contribution in [1.82, 2.24) is 9.88 Å². The van der Waals surface area contributed by atoms with Gasteiger partial charge in [-0.2, -0.15) is 0 Å². The maximum Gasteiger partial charge on any atom is 0.295 e. The molecule has 34 heavy (non-hydrogen) atoms. The van der Waals surface area contributed by atoms with E-state index in [1.54, 1.807) is 43.5 Å². The summed E-state index contributed by atoms with van der Waals surface area (Å²) in [6.07, 6.45) is 3.85. The predicted octanol–water partition coefficient (Wildman–Crippen LogP) is 5.09. The number of methoxy groups -OCH3 is 1. The SMILES string of the molecule is COc1ccc2[nH]cc(CCN3C(=O)C(=O)/C(=C(\O)c4ccc(Cl)cc4)C3c3ccco3)c2c1. The Hall–Kier alpha value is -3.97. The lowest BCUT2D eigenvalue weighted by molar-refractivity contribution is -0.140. The van der Waals surface area contributed by atoms with E-state index in [0.717, 1.165) is 22.2 Å². The molecule has 1 saturated heterocycles. The van der Waals surface area contributed by atoms with E-state index in [0.29, 0.717) is 22.8 Å². The summed E-state index contributed by atoms with van der Waals surface area (Å²) in [6.45, 7) is 0.248. The highest BCUT2D eigenvalue weighted by Crippen LogP contribution is 2.40. The minimum atomic E-state index is -0.842. The zero-order valence-electron chi connectivity index (χ0n) is 18.2. The number of carbonyl (C=O) groups excluding carboxylic acids is 2. The molecule has 1 amide bonds. The van der Waals surface area contributed by atoms with E-state index in [1.807, 2.05) is 24.4 Å². The predicted molar refractivity (Wildman–Crippen MR) is 128 cm³/mol. The van der Waals surface area contributed by atoms with E-state index in [1.165, 1.54) is 11.2 Å². The molecule has 0 radical (unpaired) electrons. The van der Waals surface area contributed by atoms with Gasteiger partial charge in [-0.15, -0.1) is 0 Å². The van der Waals surface area contributed by atoms with Gasteiger partial charge in [-0.3, -0.25) is 9.59 Å². The summed E-state index contributed by atoms with van der Waals surface area (Å²) in [7, 11) is 1.61. The summed E-state index contributed by atoms with van der Waals surface area (Å²) in [5.74, 6) is -0.581. The van der Waals surface area contributed by atoms with Gasteiger partial charge < -0.3 is 24.1 Å². The highest BCUT2D eigenvalue weighted by molar-refractivity contribution is 6.46. The molecule has 1 unspecified atom stereocenters. The van der Waals surface area contributed by atoms with Crippen molar-refractivity contribution in [3.8, 4) is 5.75 Å². The van der Waals surface area contributed by atoms with Gasteiger partial charge in [-0.05, 0) is 66.6 Å². The summed E-state index contributed by atoms with van der Waals surface area (Å²) in [6, 6.07) is 14.7. The lowest BCUT2D eigenvalue weighted by Gasteiger charge is -2.23. The third-order valence-electron chi connectivity index (χ3n) is 6.07. The number of hydrogen-bond acceptors (Lipinski definition) is 5. The average molecular weight is 477 g/mol. The van der Waals surface area contributed by atoms with E-state index in [2.05, 4.69) is 4.98 Å². The van der Waals surface area contributed by atoms with Crippen molar-refractivity contribution in [2.75, 3.05) is 13.7 Å². The number of aromatic amines is 1. The molecule has 3 heterocycles. The third kappa shape index (κ3) is 3.74. The van der Waals surface area contributed by atoms with Crippen LogP contribution in [0.1, 0.15) is 22.9 Å². The Labute approximate surface area is 200 Å². The number of benzene rings is 2. The lowest BCUT2D eigenvalue weighted by atomic mass is 9.99. The van der Waals surface area contributed by atoms with Gasteiger partial charge >= 0.3 is 0 Å². The molecule has 2 N–H and O–H groups in total. The number of hydrogen-bond donors (Lipinski definition) is 2. The van der Waals surface area contributed by atoms with Gasteiger partial charge in [0, 0.05) is 34.2 Å². The number of aliphatic hydroxyl groups is 1. The van der Waals surface area contributed by atoms with Crippen LogP contribution in [0.3, 0.4) is 0 Å². The number of ether oxygens (including phenoxy) is 1. The Bertz CT molecular complexity index is 1400. The fourth-order valence-corrected chi connectivity index (χ4v) is 4.47. The number of likely N-dealkylation sites (tertiary alicyclic amines) is 1. The molecule has 0 spiro atoms. The zero-order valence-corrected chi connectivity index (χ0v) is 19.0. The van der Waals surface area contributed by atoms with Crippen LogP contribution in [0.4, 0.5) is 0 Å². The highest BCUT2D eigenvalue weighted by Gasteiger charge is 2.47. The second-order valence-electron chi connectivity index (χ2n) is 7.99. The topological polar surface area (TPSA) is 95.8 Å². The Morgan fingerprint density at radius 1 is 1.18 bits per heavy atom. The van der Waals surface area contributed by atoms with Crippen LogP contribution in [0.25, 0.3) is 16.7 Å². The largest absolute Gasteiger partial charge is 0.507 e. The van der Waals surface area contributed by atoms with Crippen LogP contribution < -0.4 is 4.74 Å². The highest BCUT2D eigenvalue weighted by atomic mass is 35.5. The molecule has 0 aliphatic carbocycles. The molecule has 1 aliphatic rings. The number of furan rings is 1. The Kier molecular flexibility index (Phi) is 5.63. The fourth-order valence-electron chi connectivity index (χ4n) is 4.35. The first-order valence-corrected chi connectivity index (χ1v) is 11.1. The maximum atomic E-state index is 13.1. The molecule has 8 heteroatoms. The van der Waals surface area contributed by atoms with Gasteiger partial charge in [0.1, 0.15) is 23.3 Å². The molecule has 2 aromatic carbocycles. The Morgan fingerprint density at radius 3 is 2.68 bits per heavy atom. The number of aliphatic hydroxyl groups excluding tert-OH is 1. The van der Waals surface area contributed by atoms with Gasteiger partial charge in [-0.25, -0.2) is 0 Å². The smallest absolute Gasteiger partial charge is 0.295 e. The van der Waals surface area contributed by atoms with E-state index >= 15 is 0 Å². The van der Waals surface area contributed by atoms with Crippen molar-refractivity contribution in [2.24, 2.45) is 0 Å². The van der Waals surface area contributed by atoms with Crippen molar-refractivity contribution in [1.29, 1.82) is 0 Å². The van der Waals surface area contributed by atoms with Crippen molar-refractivity contribution < 1.29 is 23.8 Å². The van der Waals surface area contributed by atoms with Crippen LogP contribution in [-0.4, -0.2) is 40.3 Å². The first kappa shape index (κ1) is 21.9. The first-order valence-electron chi connectivity index (χ1n) is 10.7. The number of nitrogens with zero attached hydrogens (tertiary/aromatic N) is 1. The molecule has 172 valence electrons. The zero-order chi connectivity index (χ0) is 23.8. The van der Waals surface area contributed by atoms with Crippen LogP contribution >= 0.6 is 11.6 Å². The van der Waals surface area contributed by atoms with E-state index < -0.39 is 17.7 Å². The quantitative estimate of drug-likeness (QED) is 0.229. The first-order chi connectivity index (χ1) is 16.5. The number of ketones is 1. The minimum absolute atomic E-state index is 0.0112. The van der Waals surface area contributed by atoms with Gasteiger partial charge in [0.05, 0.1) is 18.9 Å². The van der Waals surface area contributed by atoms with Crippen LogP contribution in [0.5, 0.6) is 5.75 Å². The molecule has 1 fully saturated rings. The van der Waals surface area contributed by atoms with Crippen molar-refractivity contribution in [2.45, 2.75) is 12.5 Å². The number of aromatic nitrogens is 1. The summed E-state index contributed by atoms with van der Waals surface area (Å²) in [5, 5.41) is 12.5. The molecule has 4 aromatic rings. The van der Waals surface area contributed by atoms with Crippen LogP contribution in [0.15, 0.2) is 77.0 Å². The van der Waals surface area contributed by atoms with Gasteiger partial charge in [0.25, 0.3) is 11.7 Å². The molecule has 1 aliphatic heterocycles. The van der Waals surface area contributed by atoms with Crippen LogP contribution in [0.2, 0.25) is 5.02 Å². The number of Topliss-reactive ketones (excluding diaryl/α,β-unsaturated/α-hetero) is 1. The summed E-state index contributed by atoms with van der Waals surface area (Å²) < 4.78 is 10.9. The second kappa shape index (κ2) is 8.76. The van der Waals surface area contributed by atoms with Crippen molar-refractivity contribution in [3.63, 3.8) is 0 Å². The van der Waals surface area contributed by atoms with Gasteiger partial charge in [0.2, 0.25) is 0 Å². The second-order valence-corrected chi connectivity index (χ2v) is 8.43. The molecular weight excluding hydrogens is 456 g/mol. The standard InChI is InChI=1S/C26H21ClN2O5/c1-33-18-8-9-20-19(13-18)16(14-28-20)10-11-29-23(21-3-2-12-34-21)22(25(31)26(29)32)24(30)15-4-6-17(27)7-5-15/h2-9,12-14,23,28,30H,10-11H2,1H3/b24-22-. The molecule has 0 saturated carbocycles. The summed E-state index contributed by atoms with van der Waals surface area (Å²) >= 11 is 5.96. The number of carbonyl (C=O) groups is 2. The van der Waals surface area contributed by atoms with Crippen LogP contribution in [0, 0.1) is 0 Å². The van der Waals surface area contributed by atoms with Crippen molar-refractivity contribution >= 4 is 40.0 Å². The van der Waals surface area contributed by atoms with Crippen LogP contribution in [-0.2, 0) is 16.0 Å². The number of H-pyrrole nitrogens is 1. The van der Waals surface area contributed by atoms with E-state index in [4.69, 9.17) is 20.8 Å².